The molecule has 1 atom stereocenters. The van der Waals surface area contributed by atoms with Crippen LogP contribution >= 0.6 is 23.5 Å². The molecule has 3 heteroatoms. The van der Waals surface area contributed by atoms with Gasteiger partial charge in [-0.3, -0.25) is 0 Å². The van der Waals surface area contributed by atoms with Gasteiger partial charge in [0.2, 0.25) is 0 Å². The highest BCUT2D eigenvalue weighted by Gasteiger charge is 1.94. The third-order valence-corrected chi connectivity index (χ3v) is 3.59. The Bertz CT molecular complexity index is 86.6. The van der Waals surface area contributed by atoms with Crippen molar-refractivity contribution in [1.29, 1.82) is 0 Å². The van der Waals surface area contributed by atoms with Crippen LogP contribution in [-0.2, 0) is 0 Å². The summed E-state index contributed by atoms with van der Waals surface area (Å²) in [5.74, 6) is 5.11. The second-order valence-electron chi connectivity index (χ2n) is 2.93. The minimum atomic E-state index is 0.377. The van der Waals surface area contributed by atoms with Crippen molar-refractivity contribution in [2.45, 2.75) is 32.7 Å². The summed E-state index contributed by atoms with van der Waals surface area (Å²) in [4.78, 5) is 0. The molecule has 0 amide bonds. The lowest BCUT2D eigenvalue weighted by Crippen LogP contribution is -2.15. The maximum atomic E-state index is 5.64. The van der Waals surface area contributed by atoms with E-state index in [1.807, 2.05) is 23.5 Å². The Morgan fingerprint density at radius 1 is 1.17 bits per heavy atom. The van der Waals surface area contributed by atoms with Crippen molar-refractivity contribution in [3.63, 3.8) is 0 Å². The molecule has 0 aliphatic carbocycles. The van der Waals surface area contributed by atoms with Gasteiger partial charge in [0.1, 0.15) is 0 Å². The van der Waals surface area contributed by atoms with E-state index in [-0.39, 0.29) is 0 Å². The maximum absolute atomic E-state index is 5.64. The Kier molecular flexibility index (Phi) is 10.3. The summed E-state index contributed by atoms with van der Waals surface area (Å²) in [6.07, 6.45) is 2.51. The second-order valence-corrected chi connectivity index (χ2v) is 5.55. The van der Waals surface area contributed by atoms with E-state index >= 15 is 0 Å². The molecule has 0 bridgehead atoms. The number of hydrogen-bond acceptors (Lipinski definition) is 3. The van der Waals surface area contributed by atoms with Crippen molar-refractivity contribution in [3.8, 4) is 0 Å². The zero-order valence-corrected chi connectivity index (χ0v) is 9.85. The standard InChI is InChI=1S/C9H21NS2/c1-3-11-6-4-7-12-8-5-9(2)10/h9H,3-8,10H2,1-2H3. The number of thioether (sulfide) groups is 2. The van der Waals surface area contributed by atoms with Crippen LogP contribution in [0.15, 0.2) is 0 Å². The summed E-state index contributed by atoms with van der Waals surface area (Å²) < 4.78 is 0. The third-order valence-electron chi connectivity index (χ3n) is 1.50. The predicted octanol–water partition coefficient (Wildman–Crippen LogP) is 2.60. The van der Waals surface area contributed by atoms with Crippen LogP contribution in [0.5, 0.6) is 0 Å². The van der Waals surface area contributed by atoms with E-state index in [4.69, 9.17) is 5.73 Å². The van der Waals surface area contributed by atoms with Gasteiger partial charge in [-0.25, -0.2) is 0 Å². The Labute approximate surface area is 85.2 Å². The van der Waals surface area contributed by atoms with Crippen LogP contribution < -0.4 is 5.73 Å². The minimum Gasteiger partial charge on any atom is -0.328 e. The fourth-order valence-corrected chi connectivity index (χ4v) is 2.69. The fraction of sp³-hybridized carbons (Fsp3) is 1.00. The van der Waals surface area contributed by atoms with E-state index < -0.39 is 0 Å². The first-order chi connectivity index (χ1) is 5.77. The molecule has 0 aliphatic heterocycles. The lowest BCUT2D eigenvalue weighted by molar-refractivity contribution is 0.721. The number of nitrogens with two attached hydrogens (primary N) is 1. The van der Waals surface area contributed by atoms with Crippen molar-refractivity contribution in [3.05, 3.63) is 0 Å². The molecule has 1 nitrogen and oxygen atoms in total. The SMILES string of the molecule is CCSCCCSCCC(C)N. The van der Waals surface area contributed by atoms with E-state index in [1.54, 1.807) is 0 Å². The first-order valence-electron chi connectivity index (χ1n) is 4.68. The van der Waals surface area contributed by atoms with Crippen LogP contribution in [0.2, 0.25) is 0 Å². The average Bonchev–Trinajstić information content (AvgIpc) is 2.02. The predicted molar refractivity (Wildman–Crippen MR) is 63.2 cm³/mol. The van der Waals surface area contributed by atoms with Gasteiger partial charge in [-0.15, -0.1) is 0 Å². The molecular weight excluding hydrogens is 186 g/mol. The number of rotatable bonds is 8. The molecular formula is C9H21NS2. The quantitative estimate of drug-likeness (QED) is 0.620. The van der Waals surface area contributed by atoms with Gasteiger partial charge in [-0.2, -0.15) is 23.5 Å². The third kappa shape index (κ3) is 10.7. The van der Waals surface area contributed by atoms with Crippen LogP contribution in [0.25, 0.3) is 0 Å². The normalized spacial score (nSPS) is 13.2. The fourth-order valence-electron chi connectivity index (χ4n) is 0.779. The molecule has 0 aromatic carbocycles. The Balaban J connectivity index is 2.82. The van der Waals surface area contributed by atoms with Crippen molar-refractivity contribution in [2.24, 2.45) is 5.73 Å². The van der Waals surface area contributed by atoms with Gasteiger partial charge in [0.25, 0.3) is 0 Å². The minimum absolute atomic E-state index is 0.377. The topological polar surface area (TPSA) is 26.0 Å². The molecule has 1 unspecified atom stereocenters. The molecule has 0 fully saturated rings. The summed E-state index contributed by atoms with van der Waals surface area (Å²) >= 11 is 4.07. The van der Waals surface area contributed by atoms with Crippen LogP contribution in [0, 0.1) is 0 Å². The monoisotopic (exact) mass is 207 g/mol. The van der Waals surface area contributed by atoms with Crippen LogP contribution in [0.3, 0.4) is 0 Å². The van der Waals surface area contributed by atoms with E-state index in [1.165, 1.54) is 29.4 Å². The van der Waals surface area contributed by atoms with Crippen molar-refractivity contribution >= 4 is 23.5 Å². The molecule has 0 aromatic heterocycles. The molecule has 0 aliphatic rings. The highest BCUT2D eigenvalue weighted by molar-refractivity contribution is 8.00. The van der Waals surface area contributed by atoms with Gasteiger partial charge in [-0.05, 0) is 42.8 Å². The van der Waals surface area contributed by atoms with Crippen LogP contribution in [-0.4, -0.2) is 29.1 Å². The van der Waals surface area contributed by atoms with Crippen molar-refractivity contribution < 1.29 is 0 Å². The molecule has 0 rings (SSSR count). The molecule has 0 aromatic rings. The lowest BCUT2D eigenvalue weighted by Gasteiger charge is -2.03. The van der Waals surface area contributed by atoms with Gasteiger partial charge in [0, 0.05) is 6.04 Å². The highest BCUT2D eigenvalue weighted by Crippen LogP contribution is 2.09. The van der Waals surface area contributed by atoms with Crippen molar-refractivity contribution in [2.75, 3.05) is 23.0 Å². The summed E-state index contributed by atoms with van der Waals surface area (Å²) in [6.45, 7) is 4.29. The number of hydrogen-bond donors (Lipinski definition) is 1. The molecule has 0 saturated carbocycles. The smallest absolute Gasteiger partial charge is 0.00183 e. The molecule has 12 heavy (non-hydrogen) atoms. The maximum Gasteiger partial charge on any atom is 0.00183 e. The van der Waals surface area contributed by atoms with Gasteiger partial charge in [0.15, 0.2) is 0 Å². The Hall–Kier alpha value is 0.660. The summed E-state index contributed by atoms with van der Waals surface area (Å²) in [7, 11) is 0. The zero-order chi connectivity index (χ0) is 9.23. The van der Waals surface area contributed by atoms with Gasteiger partial charge >= 0.3 is 0 Å². The van der Waals surface area contributed by atoms with E-state index in [0.29, 0.717) is 6.04 Å². The van der Waals surface area contributed by atoms with Gasteiger partial charge < -0.3 is 5.73 Å². The molecule has 2 N–H and O–H groups in total. The van der Waals surface area contributed by atoms with Crippen LogP contribution in [0.1, 0.15) is 26.7 Å². The van der Waals surface area contributed by atoms with E-state index in [9.17, 15) is 0 Å². The first-order valence-corrected chi connectivity index (χ1v) is 6.99. The Morgan fingerprint density at radius 2 is 1.83 bits per heavy atom. The highest BCUT2D eigenvalue weighted by atomic mass is 32.2. The summed E-state index contributed by atoms with van der Waals surface area (Å²) in [5, 5.41) is 0. The van der Waals surface area contributed by atoms with E-state index in [0.717, 1.165) is 6.42 Å². The molecule has 0 spiro atoms. The summed E-state index contributed by atoms with van der Waals surface area (Å²) in [6, 6.07) is 0.377. The van der Waals surface area contributed by atoms with Crippen molar-refractivity contribution in [1.82, 2.24) is 0 Å². The van der Waals surface area contributed by atoms with E-state index in [2.05, 4.69) is 13.8 Å². The Morgan fingerprint density at radius 3 is 2.42 bits per heavy atom. The molecule has 74 valence electrons. The molecule has 0 radical (unpaired) electrons. The summed E-state index contributed by atoms with van der Waals surface area (Å²) in [5.41, 5.74) is 5.64. The molecule has 0 saturated heterocycles. The second kappa shape index (κ2) is 9.75. The largest absolute Gasteiger partial charge is 0.328 e. The van der Waals surface area contributed by atoms with Gasteiger partial charge in [0.05, 0.1) is 0 Å². The lowest BCUT2D eigenvalue weighted by atomic mass is 10.3. The first kappa shape index (κ1) is 12.7. The zero-order valence-electron chi connectivity index (χ0n) is 8.21. The van der Waals surface area contributed by atoms with Crippen LogP contribution in [0.4, 0.5) is 0 Å². The average molecular weight is 207 g/mol. The molecule has 0 heterocycles. The van der Waals surface area contributed by atoms with Gasteiger partial charge in [-0.1, -0.05) is 6.92 Å².